The van der Waals surface area contributed by atoms with E-state index in [1.54, 1.807) is 0 Å². The fourth-order valence-electron chi connectivity index (χ4n) is 2.53. The van der Waals surface area contributed by atoms with Crippen LogP contribution in [0.4, 0.5) is 8.78 Å². The Kier molecular flexibility index (Phi) is 4.46. The van der Waals surface area contributed by atoms with Crippen molar-refractivity contribution in [1.82, 2.24) is 5.32 Å². The number of carbonyl (C=O) groups is 2. The van der Waals surface area contributed by atoms with E-state index in [0.717, 1.165) is 6.42 Å². The van der Waals surface area contributed by atoms with Gasteiger partial charge in [-0.1, -0.05) is 30.9 Å². The van der Waals surface area contributed by atoms with E-state index < -0.39 is 39.6 Å². The predicted molar refractivity (Wildman–Crippen MR) is 72.3 cm³/mol. The average Bonchev–Trinajstić information content (AvgIpc) is 2.43. The lowest BCUT2D eigenvalue weighted by atomic mass is 9.81. The van der Waals surface area contributed by atoms with Crippen LogP contribution in [-0.4, -0.2) is 22.5 Å². The SMILES string of the molecule is O=C(NC1(C(=O)O)CCCCC1)c1cc(F)c(Cl)cc1F. The molecule has 2 N–H and O–H groups in total. The third kappa shape index (κ3) is 3.15. The first-order valence-electron chi connectivity index (χ1n) is 6.56. The number of amides is 1. The van der Waals surface area contributed by atoms with Crippen molar-refractivity contribution in [2.24, 2.45) is 0 Å². The lowest BCUT2D eigenvalue weighted by molar-refractivity contribution is -0.145. The quantitative estimate of drug-likeness (QED) is 0.842. The summed E-state index contributed by atoms with van der Waals surface area (Å²) in [6, 6.07) is 1.37. The largest absolute Gasteiger partial charge is 0.480 e. The summed E-state index contributed by atoms with van der Waals surface area (Å²) in [7, 11) is 0. The highest BCUT2D eigenvalue weighted by Crippen LogP contribution is 2.29. The summed E-state index contributed by atoms with van der Waals surface area (Å²) in [5.41, 5.74) is -1.97. The Labute approximate surface area is 125 Å². The minimum Gasteiger partial charge on any atom is -0.480 e. The first kappa shape index (κ1) is 15.7. The van der Waals surface area contributed by atoms with E-state index in [1.165, 1.54) is 0 Å². The van der Waals surface area contributed by atoms with E-state index in [9.17, 15) is 23.5 Å². The maximum Gasteiger partial charge on any atom is 0.329 e. The molecule has 0 bridgehead atoms. The molecule has 1 aliphatic rings. The first-order valence-corrected chi connectivity index (χ1v) is 6.94. The second-order valence-corrected chi connectivity index (χ2v) is 5.56. The van der Waals surface area contributed by atoms with Gasteiger partial charge in [-0.15, -0.1) is 0 Å². The Hall–Kier alpha value is -1.69. The molecule has 114 valence electrons. The highest BCUT2D eigenvalue weighted by atomic mass is 35.5. The maximum absolute atomic E-state index is 13.7. The van der Waals surface area contributed by atoms with E-state index in [4.69, 9.17) is 11.6 Å². The molecule has 1 aromatic rings. The van der Waals surface area contributed by atoms with Crippen molar-refractivity contribution >= 4 is 23.5 Å². The number of halogens is 3. The lowest BCUT2D eigenvalue weighted by Gasteiger charge is -2.34. The monoisotopic (exact) mass is 317 g/mol. The van der Waals surface area contributed by atoms with Crippen molar-refractivity contribution in [3.63, 3.8) is 0 Å². The van der Waals surface area contributed by atoms with Crippen LogP contribution < -0.4 is 5.32 Å². The smallest absolute Gasteiger partial charge is 0.329 e. The zero-order valence-electron chi connectivity index (χ0n) is 11.1. The summed E-state index contributed by atoms with van der Waals surface area (Å²) < 4.78 is 27.1. The molecule has 21 heavy (non-hydrogen) atoms. The molecule has 2 rings (SSSR count). The molecule has 1 fully saturated rings. The maximum atomic E-state index is 13.7. The van der Waals surface area contributed by atoms with Gasteiger partial charge in [0.1, 0.15) is 17.2 Å². The number of nitrogens with one attached hydrogen (secondary N) is 1. The van der Waals surface area contributed by atoms with Gasteiger partial charge in [0, 0.05) is 0 Å². The molecular formula is C14H14ClF2NO3. The van der Waals surface area contributed by atoms with Gasteiger partial charge >= 0.3 is 5.97 Å². The van der Waals surface area contributed by atoms with Gasteiger partial charge in [0.2, 0.25) is 0 Å². The number of carboxylic acid groups (broad SMARTS) is 1. The Bertz CT molecular complexity index is 586. The van der Waals surface area contributed by atoms with E-state index >= 15 is 0 Å². The molecule has 0 radical (unpaired) electrons. The molecule has 1 aromatic carbocycles. The number of carboxylic acids is 1. The number of carbonyl (C=O) groups excluding carboxylic acids is 1. The van der Waals surface area contributed by atoms with Crippen molar-refractivity contribution < 1.29 is 23.5 Å². The van der Waals surface area contributed by atoms with Crippen molar-refractivity contribution in [1.29, 1.82) is 0 Å². The molecule has 0 spiro atoms. The van der Waals surface area contributed by atoms with Crippen molar-refractivity contribution in [2.75, 3.05) is 0 Å². The summed E-state index contributed by atoms with van der Waals surface area (Å²) in [5.74, 6) is -4.04. The van der Waals surface area contributed by atoms with E-state index in [2.05, 4.69) is 5.32 Å². The van der Waals surface area contributed by atoms with Crippen LogP contribution >= 0.6 is 11.6 Å². The predicted octanol–water partition coefficient (Wildman–Crippen LogP) is 3.14. The van der Waals surface area contributed by atoms with Crippen LogP contribution in [0.5, 0.6) is 0 Å². The number of aliphatic carboxylic acids is 1. The minimum absolute atomic E-state index is 0.270. The Morgan fingerprint density at radius 2 is 1.76 bits per heavy atom. The second-order valence-electron chi connectivity index (χ2n) is 5.15. The molecule has 7 heteroatoms. The van der Waals surface area contributed by atoms with Crippen LogP contribution in [0.2, 0.25) is 5.02 Å². The van der Waals surface area contributed by atoms with Gasteiger partial charge < -0.3 is 10.4 Å². The summed E-state index contributed by atoms with van der Waals surface area (Å²) in [4.78, 5) is 23.5. The number of hydrogen-bond donors (Lipinski definition) is 2. The van der Waals surface area contributed by atoms with Crippen LogP contribution in [0.3, 0.4) is 0 Å². The van der Waals surface area contributed by atoms with Gasteiger partial charge in [-0.05, 0) is 25.0 Å². The van der Waals surface area contributed by atoms with Crippen molar-refractivity contribution in [2.45, 2.75) is 37.6 Å². The molecular weight excluding hydrogens is 304 g/mol. The summed E-state index contributed by atoms with van der Waals surface area (Å²) in [6.07, 6.45) is 2.74. The standard InChI is InChI=1S/C14H14ClF2NO3/c15-9-7-10(16)8(6-11(9)17)12(19)18-14(13(20)21)4-2-1-3-5-14/h6-7H,1-5H2,(H,18,19)(H,20,21). The fourth-order valence-corrected chi connectivity index (χ4v) is 2.68. The normalized spacial score (nSPS) is 17.3. The van der Waals surface area contributed by atoms with Crippen LogP contribution in [0.25, 0.3) is 0 Å². The molecule has 4 nitrogen and oxygen atoms in total. The average molecular weight is 318 g/mol. The van der Waals surface area contributed by atoms with Gasteiger partial charge in [-0.3, -0.25) is 4.79 Å². The topological polar surface area (TPSA) is 66.4 Å². The number of hydrogen-bond acceptors (Lipinski definition) is 2. The Balaban J connectivity index is 2.28. The van der Waals surface area contributed by atoms with E-state index in [-0.39, 0.29) is 12.8 Å². The Morgan fingerprint density at radius 3 is 2.33 bits per heavy atom. The van der Waals surface area contributed by atoms with Gasteiger partial charge in [-0.25, -0.2) is 13.6 Å². The van der Waals surface area contributed by atoms with Crippen molar-refractivity contribution in [3.8, 4) is 0 Å². The summed E-state index contributed by atoms with van der Waals surface area (Å²) >= 11 is 5.42. The highest BCUT2D eigenvalue weighted by Gasteiger charge is 2.41. The van der Waals surface area contributed by atoms with Crippen molar-refractivity contribution in [3.05, 3.63) is 34.4 Å². The number of rotatable bonds is 3. The first-order chi connectivity index (χ1) is 9.85. The van der Waals surface area contributed by atoms with E-state index in [1.807, 2.05) is 0 Å². The number of benzene rings is 1. The summed E-state index contributed by atoms with van der Waals surface area (Å²) in [6.45, 7) is 0. The minimum atomic E-state index is -1.42. The molecule has 0 aromatic heterocycles. The zero-order valence-corrected chi connectivity index (χ0v) is 11.8. The molecule has 0 unspecified atom stereocenters. The fraction of sp³-hybridized carbons (Fsp3) is 0.429. The summed E-state index contributed by atoms with van der Waals surface area (Å²) in [5, 5.41) is 11.3. The van der Waals surface area contributed by atoms with Crippen LogP contribution in [-0.2, 0) is 4.79 Å². The second kappa shape index (κ2) is 5.97. The van der Waals surface area contributed by atoms with Gasteiger partial charge in [-0.2, -0.15) is 0 Å². The molecule has 1 saturated carbocycles. The third-order valence-electron chi connectivity index (χ3n) is 3.72. The lowest BCUT2D eigenvalue weighted by Crippen LogP contribution is -2.55. The van der Waals surface area contributed by atoms with Crippen LogP contribution in [0.1, 0.15) is 42.5 Å². The molecule has 0 heterocycles. The third-order valence-corrected chi connectivity index (χ3v) is 4.01. The van der Waals surface area contributed by atoms with Crippen LogP contribution in [0, 0.1) is 11.6 Å². The Morgan fingerprint density at radius 1 is 1.14 bits per heavy atom. The molecule has 0 aliphatic heterocycles. The van der Waals surface area contributed by atoms with E-state index in [0.29, 0.717) is 25.0 Å². The molecule has 0 saturated heterocycles. The zero-order chi connectivity index (χ0) is 15.6. The van der Waals surface area contributed by atoms with Gasteiger partial charge in [0.05, 0.1) is 10.6 Å². The molecule has 1 amide bonds. The molecule has 1 aliphatic carbocycles. The molecule has 0 atom stereocenters. The van der Waals surface area contributed by atoms with Crippen LogP contribution in [0.15, 0.2) is 12.1 Å². The highest BCUT2D eigenvalue weighted by molar-refractivity contribution is 6.30. The van der Waals surface area contributed by atoms with Gasteiger partial charge in [0.25, 0.3) is 5.91 Å². The van der Waals surface area contributed by atoms with Gasteiger partial charge in [0.15, 0.2) is 0 Å².